The maximum absolute atomic E-state index is 4.09. The largest absolute Gasteiger partial charge is 0.382 e. The molecule has 2 N–H and O–H groups in total. The van der Waals surface area contributed by atoms with Crippen molar-refractivity contribution in [2.24, 2.45) is 7.05 Å². The van der Waals surface area contributed by atoms with Gasteiger partial charge in [-0.1, -0.05) is 0 Å². The van der Waals surface area contributed by atoms with Gasteiger partial charge in [-0.25, -0.2) is 0 Å². The topological polar surface area (TPSA) is 41.9 Å². The zero-order valence-electron chi connectivity index (χ0n) is 8.66. The number of rotatable bonds is 6. The van der Waals surface area contributed by atoms with E-state index in [-0.39, 0.29) is 0 Å². The number of nitrogens with one attached hydrogen (secondary N) is 2. The smallest absolute Gasteiger partial charge is 0.0726 e. The van der Waals surface area contributed by atoms with Crippen LogP contribution in [-0.4, -0.2) is 28.9 Å². The fraction of sp³-hybridized carbons (Fsp3) is 0.700. The Bertz CT molecular complexity index is 277. The quantitative estimate of drug-likeness (QED) is 0.663. The van der Waals surface area contributed by atoms with Gasteiger partial charge in [-0.05, 0) is 25.8 Å². The van der Waals surface area contributed by atoms with Gasteiger partial charge < -0.3 is 10.6 Å². The fourth-order valence-corrected chi connectivity index (χ4v) is 1.43. The molecule has 78 valence electrons. The Labute approximate surface area is 84.7 Å². The molecule has 0 bridgehead atoms. The highest BCUT2D eigenvalue weighted by atomic mass is 15.3. The van der Waals surface area contributed by atoms with Crippen LogP contribution in [0.5, 0.6) is 0 Å². The van der Waals surface area contributed by atoms with E-state index in [2.05, 4.69) is 15.7 Å². The Kier molecular flexibility index (Phi) is 3.03. The molecular formula is C10H18N4. The van der Waals surface area contributed by atoms with Gasteiger partial charge in [0, 0.05) is 25.8 Å². The predicted octanol–water partition coefficient (Wildman–Crippen LogP) is 0.974. The predicted molar refractivity (Wildman–Crippen MR) is 57.3 cm³/mol. The molecule has 4 nitrogen and oxygen atoms in total. The van der Waals surface area contributed by atoms with Crippen LogP contribution in [0.25, 0.3) is 0 Å². The van der Waals surface area contributed by atoms with Crippen molar-refractivity contribution in [2.45, 2.75) is 25.3 Å². The van der Waals surface area contributed by atoms with Gasteiger partial charge in [0.25, 0.3) is 0 Å². The summed E-state index contributed by atoms with van der Waals surface area (Å²) in [5, 5.41) is 10.9. The van der Waals surface area contributed by atoms with Crippen LogP contribution in [0.4, 0.5) is 5.69 Å². The fourth-order valence-electron chi connectivity index (χ4n) is 1.43. The number of aryl methyl sites for hydroxylation is 1. The average Bonchev–Trinajstić information content (AvgIpc) is 2.89. The maximum Gasteiger partial charge on any atom is 0.0726 e. The third kappa shape index (κ3) is 3.03. The Morgan fingerprint density at radius 3 is 3.00 bits per heavy atom. The zero-order valence-corrected chi connectivity index (χ0v) is 8.66. The van der Waals surface area contributed by atoms with Gasteiger partial charge in [0.1, 0.15) is 0 Å². The second-order valence-corrected chi connectivity index (χ2v) is 3.91. The highest BCUT2D eigenvalue weighted by Gasteiger charge is 2.19. The molecule has 0 amide bonds. The van der Waals surface area contributed by atoms with E-state index in [9.17, 15) is 0 Å². The molecule has 1 aromatic rings. The molecule has 0 unspecified atom stereocenters. The van der Waals surface area contributed by atoms with Gasteiger partial charge in [0.2, 0.25) is 0 Å². The Balaban J connectivity index is 1.53. The molecule has 14 heavy (non-hydrogen) atoms. The third-order valence-electron chi connectivity index (χ3n) is 2.40. The van der Waals surface area contributed by atoms with Crippen molar-refractivity contribution in [1.82, 2.24) is 15.1 Å². The summed E-state index contributed by atoms with van der Waals surface area (Å²) in [5.41, 5.74) is 1.11. The number of hydrogen-bond donors (Lipinski definition) is 2. The molecule has 0 spiro atoms. The van der Waals surface area contributed by atoms with E-state index in [0.29, 0.717) is 0 Å². The second-order valence-electron chi connectivity index (χ2n) is 3.91. The number of nitrogens with zero attached hydrogens (tertiary/aromatic N) is 2. The summed E-state index contributed by atoms with van der Waals surface area (Å²) in [4.78, 5) is 0. The summed E-state index contributed by atoms with van der Waals surface area (Å²) in [6.07, 6.45) is 7.76. The first-order valence-electron chi connectivity index (χ1n) is 5.30. The number of anilines is 1. The summed E-state index contributed by atoms with van der Waals surface area (Å²) in [7, 11) is 1.93. The first-order valence-corrected chi connectivity index (χ1v) is 5.30. The molecule has 4 heteroatoms. The van der Waals surface area contributed by atoms with Crippen LogP contribution in [0, 0.1) is 0 Å². The van der Waals surface area contributed by atoms with Crippen molar-refractivity contribution in [3.63, 3.8) is 0 Å². The summed E-state index contributed by atoms with van der Waals surface area (Å²) in [5.74, 6) is 0. The summed E-state index contributed by atoms with van der Waals surface area (Å²) in [6, 6.07) is 0.827. The average molecular weight is 194 g/mol. The molecule has 1 fully saturated rings. The zero-order chi connectivity index (χ0) is 9.80. The van der Waals surface area contributed by atoms with E-state index >= 15 is 0 Å². The molecule has 0 radical (unpaired) electrons. The summed E-state index contributed by atoms with van der Waals surface area (Å²) in [6.45, 7) is 2.14. The van der Waals surface area contributed by atoms with Crippen molar-refractivity contribution in [1.29, 1.82) is 0 Å². The summed E-state index contributed by atoms with van der Waals surface area (Å²) >= 11 is 0. The van der Waals surface area contributed by atoms with Gasteiger partial charge in [0.05, 0.1) is 11.9 Å². The molecule has 1 aliphatic carbocycles. The molecule has 0 aromatic carbocycles. The van der Waals surface area contributed by atoms with Gasteiger partial charge in [-0.15, -0.1) is 0 Å². The maximum atomic E-state index is 4.09. The lowest BCUT2D eigenvalue weighted by atomic mass is 10.4. The van der Waals surface area contributed by atoms with Crippen LogP contribution in [0.3, 0.4) is 0 Å². The van der Waals surface area contributed by atoms with Gasteiger partial charge >= 0.3 is 0 Å². The lowest BCUT2D eigenvalue weighted by Crippen LogP contribution is -2.19. The van der Waals surface area contributed by atoms with Gasteiger partial charge in [-0.3, -0.25) is 4.68 Å². The van der Waals surface area contributed by atoms with E-state index in [4.69, 9.17) is 0 Å². The van der Waals surface area contributed by atoms with Crippen molar-refractivity contribution in [3.05, 3.63) is 12.4 Å². The van der Waals surface area contributed by atoms with Crippen LogP contribution < -0.4 is 10.6 Å². The monoisotopic (exact) mass is 194 g/mol. The highest BCUT2D eigenvalue weighted by Crippen LogP contribution is 2.18. The van der Waals surface area contributed by atoms with Crippen LogP contribution in [-0.2, 0) is 7.05 Å². The van der Waals surface area contributed by atoms with E-state index in [1.165, 1.54) is 19.3 Å². The first kappa shape index (κ1) is 9.52. The molecule has 0 aliphatic heterocycles. The number of hydrogen-bond acceptors (Lipinski definition) is 3. The molecule has 1 saturated carbocycles. The minimum absolute atomic E-state index is 0.827. The Morgan fingerprint density at radius 2 is 2.36 bits per heavy atom. The normalized spacial score (nSPS) is 15.8. The number of aromatic nitrogens is 2. The Hall–Kier alpha value is -1.03. The van der Waals surface area contributed by atoms with E-state index < -0.39 is 0 Å². The molecular weight excluding hydrogens is 176 g/mol. The minimum Gasteiger partial charge on any atom is -0.382 e. The van der Waals surface area contributed by atoms with Crippen molar-refractivity contribution < 1.29 is 0 Å². The van der Waals surface area contributed by atoms with Crippen molar-refractivity contribution in [2.75, 3.05) is 18.4 Å². The van der Waals surface area contributed by atoms with E-state index in [1.807, 2.05) is 24.1 Å². The third-order valence-corrected chi connectivity index (χ3v) is 2.40. The molecule has 1 aromatic heterocycles. The molecule has 2 rings (SSSR count). The van der Waals surface area contributed by atoms with Crippen molar-refractivity contribution in [3.8, 4) is 0 Å². The molecule has 1 aliphatic rings. The second kappa shape index (κ2) is 4.46. The van der Waals surface area contributed by atoms with E-state index in [0.717, 1.165) is 24.8 Å². The van der Waals surface area contributed by atoms with Crippen molar-refractivity contribution >= 4 is 5.69 Å². The molecule has 0 saturated heterocycles. The first-order chi connectivity index (χ1) is 6.84. The standard InChI is InChI=1S/C10H18N4/c1-14-8-10(7-13-14)12-6-2-5-11-9-3-4-9/h7-9,11-12H,2-6H2,1H3. The lowest BCUT2D eigenvalue weighted by Gasteiger charge is -2.03. The molecule has 1 heterocycles. The van der Waals surface area contributed by atoms with E-state index in [1.54, 1.807) is 0 Å². The van der Waals surface area contributed by atoms with Crippen LogP contribution in [0.1, 0.15) is 19.3 Å². The Morgan fingerprint density at radius 1 is 1.50 bits per heavy atom. The summed E-state index contributed by atoms with van der Waals surface area (Å²) < 4.78 is 1.81. The molecule has 0 atom stereocenters. The van der Waals surface area contributed by atoms with Crippen LogP contribution >= 0.6 is 0 Å². The minimum atomic E-state index is 0.827. The lowest BCUT2D eigenvalue weighted by molar-refractivity contribution is 0.659. The van der Waals surface area contributed by atoms with Crippen LogP contribution in [0.2, 0.25) is 0 Å². The SMILES string of the molecule is Cn1cc(NCCCNC2CC2)cn1. The van der Waals surface area contributed by atoms with Crippen LogP contribution in [0.15, 0.2) is 12.4 Å². The van der Waals surface area contributed by atoms with Gasteiger partial charge in [-0.2, -0.15) is 5.10 Å². The highest BCUT2D eigenvalue weighted by molar-refractivity contribution is 5.37. The van der Waals surface area contributed by atoms with Gasteiger partial charge in [0.15, 0.2) is 0 Å².